The molecular formula is C23H29NO3. The Morgan fingerprint density at radius 3 is 2.33 bits per heavy atom. The van der Waals surface area contributed by atoms with Crippen molar-refractivity contribution in [3.05, 3.63) is 60.2 Å². The summed E-state index contributed by atoms with van der Waals surface area (Å²) in [6.07, 6.45) is 3.50. The van der Waals surface area contributed by atoms with E-state index in [0.29, 0.717) is 24.2 Å². The van der Waals surface area contributed by atoms with Crippen LogP contribution in [0.5, 0.6) is 11.5 Å². The molecule has 1 fully saturated rings. The van der Waals surface area contributed by atoms with Gasteiger partial charge in [0.1, 0.15) is 18.1 Å². The fourth-order valence-corrected chi connectivity index (χ4v) is 3.56. The molecule has 0 radical (unpaired) electrons. The highest BCUT2D eigenvalue weighted by Crippen LogP contribution is 2.29. The van der Waals surface area contributed by atoms with E-state index in [-0.39, 0.29) is 18.6 Å². The van der Waals surface area contributed by atoms with Gasteiger partial charge in [0.05, 0.1) is 0 Å². The topological polar surface area (TPSA) is 47.6 Å². The van der Waals surface area contributed by atoms with Crippen molar-refractivity contribution in [2.45, 2.75) is 45.8 Å². The van der Waals surface area contributed by atoms with E-state index in [4.69, 9.17) is 9.47 Å². The lowest BCUT2D eigenvalue weighted by atomic mass is 9.78. The smallest absolute Gasteiger partial charge is 0.258 e. The van der Waals surface area contributed by atoms with Crippen LogP contribution in [0.4, 0.5) is 0 Å². The quantitative estimate of drug-likeness (QED) is 0.779. The van der Waals surface area contributed by atoms with Crippen LogP contribution in [0, 0.1) is 11.8 Å². The van der Waals surface area contributed by atoms with Gasteiger partial charge >= 0.3 is 0 Å². The minimum absolute atomic E-state index is 0.0435. The summed E-state index contributed by atoms with van der Waals surface area (Å²) in [4.78, 5) is 12.2. The highest BCUT2D eigenvalue weighted by molar-refractivity contribution is 5.77. The van der Waals surface area contributed by atoms with Crippen molar-refractivity contribution in [1.29, 1.82) is 0 Å². The maximum atomic E-state index is 12.2. The van der Waals surface area contributed by atoms with Crippen molar-refractivity contribution in [3.63, 3.8) is 0 Å². The molecule has 144 valence electrons. The first-order chi connectivity index (χ1) is 13.1. The molecule has 4 heteroatoms. The van der Waals surface area contributed by atoms with Crippen molar-refractivity contribution in [2.75, 3.05) is 6.61 Å². The van der Waals surface area contributed by atoms with Crippen molar-refractivity contribution in [2.24, 2.45) is 11.8 Å². The molecular weight excluding hydrogens is 338 g/mol. The Hall–Kier alpha value is -2.49. The van der Waals surface area contributed by atoms with Gasteiger partial charge in [0, 0.05) is 6.04 Å². The Labute approximate surface area is 161 Å². The number of hydrogen-bond acceptors (Lipinski definition) is 3. The van der Waals surface area contributed by atoms with Gasteiger partial charge in [-0.05, 0) is 48.1 Å². The molecule has 1 aliphatic carbocycles. The summed E-state index contributed by atoms with van der Waals surface area (Å²) in [5.41, 5.74) is 1.13. The second-order valence-electron chi connectivity index (χ2n) is 7.48. The van der Waals surface area contributed by atoms with Crippen LogP contribution < -0.4 is 14.8 Å². The van der Waals surface area contributed by atoms with Crippen LogP contribution in [0.25, 0.3) is 0 Å². The van der Waals surface area contributed by atoms with Gasteiger partial charge < -0.3 is 14.8 Å². The lowest BCUT2D eigenvalue weighted by Gasteiger charge is -2.34. The molecule has 0 aromatic heterocycles. The molecule has 0 saturated heterocycles. The van der Waals surface area contributed by atoms with Crippen LogP contribution in [0.2, 0.25) is 0 Å². The lowest BCUT2D eigenvalue weighted by Crippen LogP contribution is -2.45. The Morgan fingerprint density at radius 2 is 1.63 bits per heavy atom. The third-order valence-corrected chi connectivity index (χ3v) is 5.50. The minimum atomic E-state index is -0.0506. The number of rotatable bonds is 7. The average Bonchev–Trinajstić information content (AvgIpc) is 2.70. The fourth-order valence-electron chi connectivity index (χ4n) is 3.56. The largest absolute Gasteiger partial charge is 0.489 e. The number of amides is 1. The lowest BCUT2D eigenvalue weighted by molar-refractivity contribution is -0.124. The summed E-state index contributed by atoms with van der Waals surface area (Å²) >= 11 is 0. The van der Waals surface area contributed by atoms with Gasteiger partial charge in [-0.2, -0.15) is 0 Å². The van der Waals surface area contributed by atoms with Gasteiger partial charge in [-0.1, -0.05) is 57.0 Å². The molecule has 1 N–H and O–H groups in total. The highest BCUT2D eigenvalue weighted by Gasteiger charge is 2.28. The van der Waals surface area contributed by atoms with Crippen LogP contribution in [-0.4, -0.2) is 18.6 Å². The van der Waals surface area contributed by atoms with Crippen molar-refractivity contribution >= 4 is 5.91 Å². The van der Waals surface area contributed by atoms with E-state index in [1.165, 1.54) is 12.8 Å². The average molecular weight is 367 g/mol. The Balaban J connectivity index is 1.42. The Bertz CT molecular complexity index is 714. The molecule has 0 aliphatic heterocycles. The summed E-state index contributed by atoms with van der Waals surface area (Å²) in [5.74, 6) is 2.57. The first kappa shape index (κ1) is 19.3. The molecule has 2 aromatic rings. The summed E-state index contributed by atoms with van der Waals surface area (Å²) in [6, 6.07) is 17.7. The van der Waals surface area contributed by atoms with E-state index in [2.05, 4.69) is 19.2 Å². The molecule has 2 aromatic carbocycles. The number of nitrogens with one attached hydrogen (secondary N) is 1. The Morgan fingerprint density at radius 1 is 0.963 bits per heavy atom. The molecule has 1 amide bonds. The SMILES string of the molecule is C[C@@H]1[C@H](C)CCC[C@H]1NC(=O)COc1ccc(OCc2ccccc2)cc1. The first-order valence-electron chi connectivity index (χ1n) is 9.81. The zero-order valence-corrected chi connectivity index (χ0v) is 16.2. The molecule has 0 bridgehead atoms. The number of benzene rings is 2. The minimum Gasteiger partial charge on any atom is -0.489 e. The van der Waals surface area contributed by atoms with Crippen molar-refractivity contribution < 1.29 is 14.3 Å². The Kier molecular flexibility index (Phi) is 6.74. The van der Waals surface area contributed by atoms with E-state index in [1.807, 2.05) is 54.6 Å². The third-order valence-electron chi connectivity index (χ3n) is 5.50. The molecule has 3 rings (SSSR count). The molecule has 0 unspecified atom stereocenters. The van der Waals surface area contributed by atoms with E-state index < -0.39 is 0 Å². The van der Waals surface area contributed by atoms with Gasteiger partial charge in [-0.3, -0.25) is 4.79 Å². The maximum Gasteiger partial charge on any atom is 0.258 e. The van der Waals surface area contributed by atoms with E-state index in [1.54, 1.807) is 0 Å². The second-order valence-corrected chi connectivity index (χ2v) is 7.48. The van der Waals surface area contributed by atoms with E-state index in [0.717, 1.165) is 17.7 Å². The molecule has 3 atom stereocenters. The third kappa shape index (κ3) is 5.75. The number of hydrogen-bond donors (Lipinski definition) is 1. The number of carbonyl (C=O) groups is 1. The highest BCUT2D eigenvalue weighted by atomic mass is 16.5. The van der Waals surface area contributed by atoms with E-state index >= 15 is 0 Å². The molecule has 1 aliphatic rings. The predicted octanol–water partition coefficient (Wildman–Crippen LogP) is 4.59. The van der Waals surface area contributed by atoms with E-state index in [9.17, 15) is 4.79 Å². The van der Waals surface area contributed by atoms with Crippen LogP contribution in [0.3, 0.4) is 0 Å². The van der Waals surface area contributed by atoms with Gasteiger partial charge in [0.15, 0.2) is 6.61 Å². The standard InChI is InChI=1S/C23H29NO3/c1-17-7-6-10-22(18(17)2)24-23(25)16-27-21-13-11-20(12-14-21)26-15-19-8-4-3-5-9-19/h3-5,8-9,11-14,17-18,22H,6-7,10,15-16H2,1-2H3,(H,24,25)/t17-,18-,22-/m1/s1. The summed E-state index contributed by atoms with van der Waals surface area (Å²) < 4.78 is 11.4. The van der Waals surface area contributed by atoms with Gasteiger partial charge in [0.2, 0.25) is 0 Å². The second kappa shape index (κ2) is 9.45. The van der Waals surface area contributed by atoms with Crippen molar-refractivity contribution in [3.8, 4) is 11.5 Å². The normalized spacial score (nSPS) is 22.1. The molecule has 0 spiro atoms. The van der Waals surface area contributed by atoms with Crippen LogP contribution in [0.15, 0.2) is 54.6 Å². The van der Waals surface area contributed by atoms with Gasteiger partial charge in [-0.15, -0.1) is 0 Å². The molecule has 4 nitrogen and oxygen atoms in total. The van der Waals surface area contributed by atoms with Crippen LogP contribution in [0.1, 0.15) is 38.7 Å². The van der Waals surface area contributed by atoms with Crippen LogP contribution in [-0.2, 0) is 11.4 Å². The monoisotopic (exact) mass is 367 g/mol. The van der Waals surface area contributed by atoms with Gasteiger partial charge in [0.25, 0.3) is 5.91 Å². The van der Waals surface area contributed by atoms with Gasteiger partial charge in [-0.25, -0.2) is 0 Å². The fraction of sp³-hybridized carbons (Fsp3) is 0.435. The summed E-state index contributed by atoms with van der Waals surface area (Å²) in [5, 5.41) is 3.13. The molecule has 27 heavy (non-hydrogen) atoms. The zero-order valence-electron chi connectivity index (χ0n) is 16.2. The molecule has 1 saturated carbocycles. The van der Waals surface area contributed by atoms with Crippen molar-refractivity contribution in [1.82, 2.24) is 5.32 Å². The zero-order chi connectivity index (χ0) is 19.1. The first-order valence-corrected chi connectivity index (χ1v) is 9.81. The molecule has 0 heterocycles. The van der Waals surface area contributed by atoms with Crippen LogP contribution >= 0.6 is 0 Å². The summed E-state index contributed by atoms with van der Waals surface area (Å²) in [7, 11) is 0. The maximum absolute atomic E-state index is 12.2. The predicted molar refractivity (Wildman–Crippen MR) is 107 cm³/mol. The number of carbonyl (C=O) groups excluding carboxylic acids is 1. The summed E-state index contributed by atoms with van der Waals surface area (Å²) in [6.45, 7) is 5.06. The number of ether oxygens (including phenoxy) is 2.